The maximum absolute atomic E-state index is 10.8. The van der Waals surface area contributed by atoms with Gasteiger partial charge in [-0.15, -0.1) is 0 Å². The third-order valence-corrected chi connectivity index (χ3v) is 3.68. The first-order valence-corrected chi connectivity index (χ1v) is 6.54. The van der Waals surface area contributed by atoms with Crippen LogP contribution in [-0.2, 0) is 4.79 Å². The molecule has 1 atom stereocenters. The van der Waals surface area contributed by atoms with E-state index < -0.39 is 5.97 Å². The molecule has 3 nitrogen and oxygen atoms in total. The van der Waals surface area contributed by atoms with Gasteiger partial charge >= 0.3 is 5.97 Å². The molecule has 0 radical (unpaired) electrons. The topological polar surface area (TPSA) is 40.5 Å². The van der Waals surface area contributed by atoms with Crippen molar-refractivity contribution in [3.05, 3.63) is 0 Å². The second-order valence-electron chi connectivity index (χ2n) is 5.18. The molecule has 0 aromatic rings. The molecule has 3 heteroatoms. The molecule has 1 rings (SSSR count). The standard InChI is InChI=1S/C13H25NO2/c1-11(13(15)16)10-14(2)12-8-6-4-3-5-7-9-12/h11-12H,3-10H2,1-2H3,(H,15,16). The highest BCUT2D eigenvalue weighted by atomic mass is 16.4. The summed E-state index contributed by atoms with van der Waals surface area (Å²) in [5.74, 6) is -0.937. The fraction of sp³-hybridized carbons (Fsp3) is 0.923. The van der Waals surface area contributed by atoms with E-state index in [1.54, 1.807) is 6.92 Å². The largest absolute Gasteiger partial charge is 0.481 e. The average molecular weight is 227 g/mol. The van der Waals surface area contributed by atoms with Crippen LogP contribution in [0.3, 0.4) is 0 Å². The summed E-state index contributed by atoms with van der Waals surface area (Å²) in [5, 5.41) is 8.90. The number of carboxylic acids is 1. The van der Waals surface area contributed by atoms with Crippen LogP contribution < -0.4 is 0 Å². The van der Waals surface area contributed by atoms with Gasteiger partial charge in [-0.25, -0.2) is 0 Å². The molecular formula is C13H25NO2. The van der Waals surface area contributed by atoms with E-state index in [0.29, 0.717) is 12.6 Å². The molecule has 1 aliphatic carbocycles. The molecule has 0 spiro atoms. The zero-order chi connectivity index (χ0) is 12.0. The van der Waals surface area contributed by atoms with E-state index in [9.17, 15) is 4.79 Å². The monoisotopic (exact) mass is 227 g/mol. The lowest BCUT2D eigenvalue weighted by molar-refractivity contribution is -0.141. The predicted molar refractivity (Wildman–Crippen MR) is 65.5 cm³/mol. The lowest BCUT2D eigenvalue weighted by atomic mass is 9.95. The van der Waals surface area contributed by atoms with E-state index in [0.717, 1.165) is 0 Å². The third kappa shape index (κ3) is 4.52. The Kier molecular flexibility index (Phi) is 5.81. The second-order valence-corrected chi connectivity index (χ2v) is 5.18. The van der Waals surface area contributed by atoms with Crippen molar-refractivity contribution >= 4 is 5.97 Å². The average Bonchev–Trinajstić information content (AvgIpc) is 2.16. The maximum Gasteiger partial charge on any atom is 0.307 e. The number of carbonyl (C=O) groups is 1. The van der Waals surface area contributed by atoms with Gasteiger partial charge in [-0.3, -0.25) is 4.79 Å². The van der Waals surface area contributed by atoms with E-state index in [1.807, 2.05) is 0 Å². The first-order chi connectivity index (χ1) is 7.61. The van der Waals surface area contributed by atoms with Crippen molar-refractivity contribution in [2.24, 2.45) is 5.92 Å². The summed E-state index contributed by atoms with van der Waals surface area (Å²) in [4.78, 5) is 13.1. The molecule has 0 amide bonds. The van der Waals surface area contributed by atoms with Crippen molar-refractivity contribution in [1.29, 1.82) is 0 Å². The van der Waals surface area contributed by atoms with Gasteiger partial charge in [0.05, 0.1) is 5.92 Å². The van der Waals surface area contributed by atoms with Gasteiger partial charge in [0.1, 0.15) is 0 Å². The number of hydrogen-bond acceptors (Lipinski definition) is 2. The van der Waals surface area contributed by atoms with Crippen LogP contribution in [0.15, 0.2) is 0 Å². The molecule has 0 bridgehead atoms. The Morgan fingerprint density at radius 2 is 1.75 bits per heavy atom. The molecule has 16 heavy (non-hydrogen) atoms. The van der Waals surface area contributed by atoms with Gasteiger partial charge in [0.25, 0.3) is 0 Å². The molecule has 0 saturated heterocycles. The summed E-state index contributed by atoms with van der Waals surface area (Å²) in [6, 6.07) is 0.599. The van der Waals surface area contributed by atoms with Crippen molar-refractivity contribution in [3.63, 3.8) is 0 Å². The van der Waals surface area contributed by atoms with Crippen molar-refractivity contribution in [1.82, 2.24) is 4.90 Å². The van der Waals surface area contributed by atoms with Crippen LogP contribution >= 0.6 is 0 Å². The van der Waals surface area contributed by atoms with Crippen LogP contribution in [0.5, 0.6) is 0 Å². The molecule has 0 aromatic heterocycles. The molecule has 1 fully saturated rings. The van der Waals surface area contributed by atoms with Crippen molar-refractivity contribution < 1.29 is 9.90 Å². The van der Waals surface area contributed by atoms with E-state index >= 15 is 0 Å². The summed E-state index contributed by atoms with van der Waals surface area (Å²) in [5.41, 5.74) is 0. The summed E-state index contributed by atoms with van der Waals surface area (Å²) < 4.78 is 0. The lowest BCUT2D eigenvalue weighted by Crippen LogP contribution is -2.37. The van der Waals surface area contributed by atoms with Gasteiger partial charge in [-0.05, 0) is 19.9 Å². The highest BCUT2D eigenvalue weighted by Gasteiger charge is 2.20. The Labute approximate surface area is 98.8 Å². The van der Waals surface area contributed by atoms with Gasteiger partial charge in [-0.1, -0.05) is 39.0 Å². The molecule has 0 aliphatic heterocycles. The normalized spacial score (nSPS) is 21.4. The molecule has 94 valence electrons. The smallest absolute Gasteiger partial charge is 0.307 e. The highest BCUT2D eigenvalue weighted by Crippen LogP contribution is 2.21. The molecule has 1 N–H and O–H groups in total. The Morgan fingerprint density at radius 1 is 1.25 bits per heavy atom. The maximum atomic E-state index is 10.8. The zero-order valence-electron chi connectivity index (χ0n) is 10.6. The minimum absolute atomic E-state index is 0.254. The second kappa shape index (κ2) is 6.89. The molecule has 1 aliphatic rings. The van der Waals surface area contributed by atoms with Gasteiger partial charge in [0.2, 0.25) is 0 Å². The molecule has 1 saturated carbocycles. The van der Waals surface area contributed by atoms with Crippen molar-refractivity contribution in [2.45, 2.75) is 57.9 Å². The number of aliphatic carboxylic acids is 1. The first kappa shape index (κ1) is 13.5. The molecule has 0 heterocycles. The number of hydrogen-bond donors (Lipinski definition) is 1. The minimum atomic E-state index is -0.683. The van der Waals surface area contributed by atoms with Crippen LogP contribution in [0.4, 0.5) is 0 Å². The van der Waals surface area contributed by atoms with Gasteiger partial charge in [-0.2, -0.15) is 0 Å². The summed E-state index contributed by atoms with van der Waals surface area (Å²) in [6.07, 6.45) is 9.15. The fourth-order valence-electron chi connectivity index (χ4n) is 2.53. The van der Waals surface area contributed by atoms with Gasteiger partial charge in [0.15, 0.2) is 0 Å². The Balaban J connectivity index is 2.37. The quantitative estimate of drug-likeness (QED) is 0.803. The molecule has 1 unspecified atom stereocenters. The van der Waals surface area contributed by atoms with Crippen molar-refractivity contribution in [2.75, 3.05) is 13.6 Å². The Bertz CT molecular complexity index is 210. The fourth-order valence-corrected chi connectivity index (χ4v) is 2.53. The van der Waals surface area contributed by atoms with E-state index in [4.69, 9.17) is 5.11 Å². The van der Waals surface area contributed by atoms with Crippen LogP contribution in [0.2, 0.25) is 0 Å². The number of rotatable bonds is 4. The first-order valence-electron chi connectivity index (χ1n) is 6.54. The Morgan fingerprint density at radius 3 is 2.25 bits per heavy atom. The van der Waals surface area contributed by atoms with Crippen LogP contribution in [-0.4, -0.2) is 35.6 Å². The zero-order valence-corrected chi connectivity index (χ0v) is 10.6. The lowest BCUT2D eigenvalue weighted by Gasteiger charge is -2.30. The number of carboxylic acid groups (broad SMARTS) is 1. The minimum Gasteiger partial charge on any atom is -0.481 e. The Hall–Kier alpha value is -0.570. The van der Waals surface area contributed by atoms with E-state index in [1.165, 1.54) is 44.9 Å². The summed E-state index contributed by atoms with van der Waals surface area (Å²) in [6.45, 7) is 2.47. The molecular weight excluding hydrogens is 202 g/mol. The summed E-state index contributed by atoms with van der Waals surface area (Å²) >= 11 is 0. The summed E-state index contributed by atoms with van der Waals surface area (Å²) in [7, 11) is 2.08. The third-order valence-electron chi connectivity index (χ3n) is 3.68. The van der Waals surface area contributed by atoms with Crippen molar-refractivity contribution in [3.8, 4) is 0 Å². The SMILES string of the molecule is CC(CN(C)C1CCCCCCC1)C(=O)O. The van der Waals surface area contributed by atoms with Crippen LogP contribution in [0, 0.1) is 5.92 Å². The number of nitrogens with zero attached hydrogens (tertiary/aromatic N) is 1. The highest BCUT2D eigenvalue weighted by molar-refractivity contribution is 5.69. The molecule has 0 aromatic carbocycles. The van der Waals surface area contributed by atoms with E-state index in [2.05, 4.69) is 11.9 Å². The predicted octanol–water partition coefficient (Wildman–Crippen LogP) is 2.75. The van der Waals surface area contributed by atoms with Crippen LogP contribution in [0.1, 0.15) is 51.9 Å². The van der Waals surface area contributed by atoms with Crippen LogP contribution in [0.25, 0.3) is 0 Å². The van der Waals surface area contributed by atoms with Gasteiger partial charge in [0, 0.05) is 12.6 Å². The van der Waals surface area contributed by atoms with Gasteiger partial charge < -0.3 is 10.0 Å². The van der Waals surface area contributed by atoms with E-state index in [-0.39, 0.29) is 5.92 Å².